The molecule has 4 nitrogen and oxygen atoms in total. The second-order valence-corrected chi connectivity index (χ2v) is 5.97. The molecule has 6 heteroatoms. The van der Waals surface area contributed by atoms with Gasteiger partial charge in [0.25, 0.3) is 0 Å². The van der Waals surface area contributed by atoms with Crippen LogP contribution >= 0.6 is 23.7 Å². The van der Waals surface area contributed by atoms with E-state index in [1.807, 2.05) is 31.2 Å². The molecule has 0 saturated carbocycles. The van der Waals surface area contributed by atoms with Crippen LogP contribution in [-0.2, 0) is 17.6 Å². The molecule has 2 rings (SSSR count). The average molecular weight is 339 g/mol. The molecule has 2 N–H and O–H groups in total. The summed E-state index contributed by atoms with van der Waals surface area (Å²) in [6.45, 7) is 1.98. The summed E-state index contributed by atoms with van der Waals surface area (Å²) >= 11 is 1.48. The molecule has 0 aliphatic carbocycles. The van der Waals surface area contributed by atoms with Crippen molar-refractivity contribution in [3.63, 3.8) is 0 Å². The number of nitrogens with two attached hydrogens (primary N) is 1. The lowest BCUT2D eigenvalue weighted by Crippen LogP contribution is -2.13. The number of aryl methyl sites for hydroxylation is 2. The summed E-state index contributed by atoms with van der Waals surface area (Å²) < 4.78 is 0. The van der Waals surface area contributed by atoms with Gasteiger partial charge in [-0.25, -0.2) is 4.98 Å². The van der Waals surface area contributed by atoms with Gasteiger partial charge in [-0.15, -0.1) is 23.7 Å². The van der Waals surface area contributed by atoms with E-state index in [4.69, 9.17) is 5.73 Å². The van der Waals surface area contributed by atoms with Crippen LogP contribution < -0.4 is 5.73 Å². The molecule has 0 bridgehead atoms. The van der Waals surface area contributed by atoms with E-state index in [0.717, 1.165) is 16.1 Å². The van der Waals surface area contributed by atoms with Crippen molar-refractivity contribution in [3.8, 4) is 0 Å². The molecule has 118 valence electrons. The zero-order valence-corrected chi connectivity index (χ0v) is 14.0. The topological polar surface area (TPSA) is 73.0 Å². The van der Waals surface area contributed by atoms with Gasteiger partial charge in [-0.05, 0) is 24.5 Å². The zero-order chi connectivity index (χ0) is 15.2. The van der Waals surface area contributed by atoms with E-state index in [9.17, 15) is 9.59 Å². The molecule has 22 heavy (non-hydrogen) atoms. The van der Waals surface area contributed by atoms with Gasteiger partial charge in [0, 0.05) is 18.2 Å². The molecular formula is C16H19ClN2O2S. The maximum absolute atomic E-state index is 12.1. The third-order valence-electron chi connectivity index (χ3n) is 3.21. The molecule has 1 heterocycles. The van der Waals surface area contributed by atoms with Gasteiger partial charge in [0.1, 0.15) is 11.5 Å². The Labute approximate surface area is 140 Å². The molecule has 0 atom stereocenters. The summed E-state index contributed by atoms with van der Waals surface area (Å²) in [4.78, 5) is 27.4. The van der Waals surface area contributed by atoms with Crippen molar-refractivity contribution in [1.29, 1.82) is 0 Å². The van der Waals surface area contributed by atoms with Gasteiger partial charge < -0.3 is 5.73 Å². The number of benzene rings is 1. The van der Waals surface area contributed by atoms with Gasteiger partial charge in [-0.3, -0.25) is 9.59 Å². The van der Waals surface area contributed by atoms with Crippen molar-refractivity contribution in [2.24, 2.45) is 5.73 Å². The number of Topliss-reactive ketones (excluding diaryl/α,β-unsaturated/α-hetero) is 2. The summed E-state index contributed by atoms with van der Waals surface area (Å²) in [5.41, 5.74) is 7.86. The number of hydrogen-bond acceptors (Lipinski definition) is 5. The van der Waals surface area contributed by atoms with Gasteiger partial charge in [0.05, 0.1) is 11.6 Å². The SMILES string of the molecule is Cc1nc(C(=O)Cc2ccc(CCC(=O)CN)cc2)cs1.Cl. The predicted molar refractivity (Wildman–Crippen MR) is 91.0 cm³/mol. The number of aromatic nitrogens is 1. The molecule has 0 saturated heterocycles. The minimum atomic E-state index is 0. The highest BCUT2D eigenvalue weighted by Gasteiger charge is 2.10. The lowest BCUT2D eigenvalue weighted by molar-refractivity contribution is -0.117. The first-order chi connectivity index (χ1) is 10.1. The standard InChI is InChI=1S/C16H18N2O2S.ClH/c1-11-18-15(10-21-11)16(20)8-13-4-2-12(3-5-13)6-7-14(19)9-17;/h2-5,10H,6-9,17H2,1H3;1H. The molecule has 0 spiro atoms. The highest BCUT2D eigenvalue weighted by atomic mass is 35.5. The van der Waals surface area contributed by atoms with Crippen LogP contribution in [-0.4, -0.2) is 23.1 Å². The fraction of sp³-hybridized carbons (Fsp3) is 0.312. The quantitative estimate of drug-likeness (QED) is 0.788. The van der Waals surface area contributed by atoms with Crippen LogP contribution in [0.4, 0.5) is 0 Å². The van der Waals surface area contributed by atoms with Crippen molar-refractivity contribution in [2.75, 3.05) is 6.54 Å². The Morgan fingerprint density at radius 1 is 1.18 bits per heavy atom. The first kappa shape index (κ1) is 18.5. The minimum absolute atomic E-state index is 0. The van der Waals surface area contributed by atoms with Crippen molar-refractivity contribution < 1.29 is 9.59 Å². The lowest BCUT2D eigenvalue weighted by Gasteiger charge is -2.03. The van der Waals surface area contributed by atoms with Crippen LogP contribution in [0.2, 0.25) is 0 Å². The summed E-state index contributed by atoms with van der Waals surface area (Å²) in [6.07, 6.45) is 1.51. The average Bonchev–Trinajstić information content (AvgIpc) is 2.93. The number of ketones is 2. The smallest absolute Gasteiger partial charge is 0.186 e. The largest absolute Gasteiger partial charge is 0.324 e. The van der Waals surface area contributed by atoms with E-state index in [2.05, 4.69) is 4.98 Å². The van der Waals surface area contributed by atoms with Crippen LogP contribution in [0, 0.1) is 6.92 Å². The second-order valence-electron chi connectivity index (χ2n) is 4.91. The van der Waals surface area contributed by atoms with Gasteiger partial charge in [0.15, 0.2) is 5.78 Å². The van der Waals surface area contributed by atoms with Gasteiger partial charge >= 0.3 is 0 Å². The number of carbonyl (C=O) groups excluding carboxylic acids is 2. The number of nitrogens with zero attached hydrogens (tertiary/aromatic N) is 1. The normalized spacial score (nSPS) is 10.1. The molecule has 1 aromatic heterocycles. The van der Waals surface area contributed by atoms with Crippen LogP contribution in [0.25, 0.3) is 0 Å². The van der Waals surface area contributed by atoms with E-state index < -0.39 is 0 Å². The maximum atomic E-state index is 12.1. The number of hydrogen-bond donors (Lipinski definition) is 1. The van der Waals surface area contributed by atoms with E-state index in [0.29, 0.717) is 25.0 Å². The summed E-state index contributed by atoms with van der Waals surface area (Å²) in [6, 6.07) is 7.77. The molecule has 0 unspecified atom stereocenters. The Bertz CT molecular complexity index is 638. The van der Waals surface area contributed by atoms with Gasteiger partial charge in [0.2, 0.25) is 0 Å². The van der Waals surface area contributed by atoms with Crippen molar-refractivity contribution in [3.05, 3.63) is 51.5 Å². The molecule has 0 aliphatic rings. The summed E-state index contributed by atoms with van der Waals surface area (Å²) in [5.74, 6) is 0.0959. The van der Waals surface area contributed by atoms with Gasteiger partial charge in [-0.1, -0.05) is 24.3 Å². The third kappa shape index (κ3) is 5.33. The Morgan fingerprint density at radius 2 is 1.82 bits per heavy atom. The lowest BCUT2D eigenvalue weighted by atomic mass is 10.0. The van der Waals surface area contributed by atoms with E-state index >= 15 is 0 Å². The number of thiazole rings is 1. The van der Waals surface area contributed by atoms with Gasteiger partial charge in [-0.2, -0.15) is 0 Å². The Morgan fingerprint density at radius 3 is 2.36 bits per heavy atom. The number of carbonyl (C=O) groups is 2. The first-order valence-corrected chi connectivity index (χ1v) is 7.71. The summed E-state index contributed by atoms with van der Waals surface area (Å²) in [7, 11) is 0. The van der Waals surface area contributed by atoms with Crippen LogP contribution in [0.1, 0.15) is 33.0 Å². The van der Waals surface area contributed by atoms with E-state index in [1.165, 1.54) is 11.3 Å². The second kappa shape index (κ2) is 8.78. The third-order valence-corrected chi connectivity index (χ3v) is 3.99. The Balaban J connectivity index is 0.00000242. The van der Waals surface area contributed by atoms with E-state index in [-0.39, 0.29) is 30.5 Å². The van der Waals surface area contributed by atoms with Crippen molar-refractivity contribution in [2.45, 2.75) is 26.2 Å². The summed E-state index contributed by atoms with van der Waals surface area (Å²) in [5, 5.41) is 2.70. The Hall–Kier alpha value is -1.56. The molecular weight excluding hydrogens is 320 g/mol. The number of rotatable bonds is 7. The van der Waals surface area contributed by atoms with Crippen LogP contribution in [0.15, 0.2) is 29.6 Å². The monoisotopic (exact) mass is 338 g/mol. The molecule has 0 aliphatic heterocycles. The first-order valence-electron chi connectivity index (χ1n) is 6.83. The molecule has 0 amide bonds. The molecule has 0 radical (unpaired) electrons. The predicted octanol–water partition coefficient (Wildman–Crippen LogP) is 2.76. The fourth-order valence-corrected chi connectivity index (χ4v) is 2.59. The molecule has 1 aromatic carbocycles. The molecule has 2 aromatic rings. The minimum Gasteiger partial charge on any atom is -0.324 e. The highest BCUT2D eigenvalue weighted by Crippen LogP contribution is 2.13. The molecule has 0 fully saturated rings. The maximum Gasteiger partial charge on any atom is 0.186 e. The fourth-order valence-electron chi connectivity index (χ4n) is 1.98. The van der Waals surface area contributed by atoms with Crippen molar-refractivity contribution >= 4 is 35.3 Å². The van der Waals surface area contributed by atoms with Crippen LogP contribution in [0.3, 0.4) is 0 Å². The van der Waals surface area contributed by atoms with Crippen LogP contribution in [0.5, 0.6) is 0 Å². The van der Waals surface area contributed by atoms with Crippen molar-refractivity contribution in [1.82, 2.24) is 4.98 Å². The van der Waals surface area contributed by atoms with E-state index in [1.54, 1.807) is 5.38 Å². The Kier molecular flexibility index (Phi) is 7.38. The number of halogens is 1. The highest BCUT2D eigenvalue weighted by molar-refractivity contribution is 7.09. The zero-order valence-electron chi connectivity index (χ0n) is 12.4.